The smallest absolute Gasteiger partial charge is 0.224 e. The van der Waals surface area contributed by atoms with Crippen molar-refractivity contribution in [3.63, 3.8) is 0 Å². The number of carbonyl (C=O) groups is 1. The molecule has 24 heavy (non-hydrogen) atoms. The molecule has 0 unspecified atom stereocenters. The molecular weight excluding hydrogens is 331 g/mol. The minimum Gasteiger partial charge on any atom is -0.489 e. The summed E-state index contributed by atoms with van der Waals surface area (Å²) in [6, 6.07) is 13.4. The lowest BCUT2D eigenvalue weighted by molar-refractivity contribution is -0.116. The van der Waals surface area contributed by atoms with E-state index in [0.29, 0.717) is 24.5 Å². The third-order valence-electron chi connectivity index (χ3n) is 3.27. The maximum absolute atomic E-state index is 12.9. The van der Waals surface area contributed by atoms with Gasteiger partial charge in [0.25, 0.3) is 0 Å². The van der Waals surface area contributed by atoms with Crippen LogP contribution >= 0.6 is 12.4 Å². The first kappa shape index (κ1) is 19.9. The molecule has 2 rings (SSSR count). The quantitative estimate of drug-likeness (QED) is 0.711. The van der Waals surface area contributed by atoms with Crippen LogP contribution in [0, 0.1) is 5.82 Å². The fourth-order valence-corrected chi connectivity index (χ4v) is 2.06. The van der Waals surface area contributed by atoms with Crippen molar-refractivity contribution >= 4 is 24.0 Å². The van der Waals surface area contributed by atoms with E-state index in [1.54, 1.807) is 18.2 Å². The summed E-state index contributed by atoms with van der Waals surface area (Å²) in [5.74, 6) is 0.370. The van der Waals surface area contributed by atoms with Gasteiger partial charge in [-0.15, -0.1) is 12.4 Å². The Bertz CT molecular complexity index is 635. The lowest BCUT2D eigenvalue weighted by Crippen LogP contribution is -2.15. The molecule has 0 aliphatic rings. The molecule has 0 aromatic heterocycles. The van der Waals surface area contributed by atoms with Gasteiger partial charge in [0.15, 0.2) is 0 Å². The van der Waals surface area contributed by atoms with Gasteiger partial charge in [-0.1, -0.05) is 18.2 Å². The number of carbonyl (C=O) groups excluding carboxylic acids is 1. The van der Waals surface area contributed by atoms with Crippen molar-refractivity contribution in [1.29, 1.82) is 0 Å². The molecular formula is C18H22ClFN2O2. The lowest BCUT2D eigenvalue weighted by Gasteiger charge is -2.09. The fraction of sp³-hybridized carbons (Fsp3) is 0.278. The molecule has 6 heteroatoms. The van der Waals surface area contributed by atoms with Gasteiger partial charge >= 0.3 is 0 Å². The molecule has 0 atom stereocenters. The van der Waals surface area contributed by atoms with E-state index in [9.17, 15) is 9.18 Å². The van der Waals surface area contributed by atoms with E-state index in [4.69, 9.17) is 4.74 Å². The Balaban J connectivity index is 0.00000288. The number of halogens is 2. The summed E-state index contributed by atoms with van der Waals surface area (Å²) in [6.07, 6.45) is 1.27. The van der Waals surface area contributed by atoms with Gasteiger partial charge in [0, 0.05) is 18.2 Å². The molecule has 4 nitrogen and oxygen atoms in total. The number of hydrogen-bond acceptors (Lipinski definition) is 3. The summed E-state index contributed by atoms with van der Waals surface area (Å²) in [4.78, 5) is 11.8. The summed E-state index contributed by atoms with van der Waals surface area (Å²) >= 11 is 0. The molecule has 0 aliphatic carbocycles. The van der Waals surface area contributed by atoms with E-state index >= 15 is 0 Å². The Hall–Kier alpha value is -2.11. The third-order valence-corrected chi connectivity index (χ3v) is 3.27. The minimum absolute atomic E-state index is 0. The Labute approximate surface area is 147 Å². The second-order valence-corrected chi connectivity index (χ2v) is 5.20. The Morgan fingerprint density at radius 2 is 1.92 bits per heavy atom. The first-order valence-corrected chi connectivity index (χ1v) is 7.59. The zero-order valence-electron chi connectivity index (χ0n) is 13.5. The Morgan fingerprint density at radius 3 is 2.62 bits per heavy atom. The van der Waals surface area contributed by atoms with E-state index in [1.807, 2.05) is 25.2 Å². The van der Waals surface area contributed by atoms with Crippen LogP contribution in [-0.2, 0) is 11.4 Å². The SMILES string of the molecule is CNCCCC(=O)Nc1cccc(OCc2ccc(F)cc2)c1.Cl. The highest BCUT2D eigenvalue weighted by molar-refractivity contribution is 5.90. The molecule has 0 fully saturated rings. The highest BCUT2D eigenvalue weighted by Crippen LogP contribution is 2.19. The molecule has 0 aliphatic heterocycles. The predicted octanol–water partition coefficient (Wildman–Crippen LogP) is 3.76. The Morgan fingerprint density at radius 1 is 1.17 bits per heavy atom. The maximum atomic E-state index is 12.9. The predicted molar refractivity (Wildman–Crippen MR) is 96.2 cm³/mol. The molecule has 0 radical (unpaired) electrons. The summed E-state index contributed by atoms with van der Waals surface area (Å²) in [7, 11) is 1.86. The van der Waals surface area contributed by atoms with Crippen LogP contribution in [-0.4, -0.2) is 19.5 Å². The van der Waals surface area contributed by atoms with Crippen molar-refractivity contribution in [2.24, 2.45) is 0 Å². The van der Waals surface area contributed by atoms with Gasteiger partial charge in [-0.3, -0.25) is 4.79 Å². The first-order chi connectivity index (χ1) is 11.2. The van der Waals surface area contributed by atoms with E-state index in [0.717, 1.165) is 18.5 Å². The average Bonchev–Trinajstić information content (AvgIpc) is 2.55. The maximum Gasteiger partial charge on any atom is 0.224 e. The molecule has 0 saturated heterocycles. The third kappa shape index (κ3) is 6.98. The zero-order chi connectivity index (χ0) is 16.5. The number of hydrogen-bond donors (Lipinski definition) is 2. The minimum atomic E-state index is -0.267. The van der Waals surface area contributed by atoms with Gasteiger partial charge in [-0.2, -0.15) is 0 Å². The molecule has 0 spiro atoms. The van der Waals surface area contributed by atoms with Crippen molar-refractivity contribution in [2.75, 3.05) is 18.9 Å². The second-order valence-electron chi connectivity index (χ2n) is 5.20. The van der Waals surface area contributed by atoms with Crippen LogP contribution in [0.3, 0.4) is 0 Å². The summed E-state index contributed by atoms with van der Waals surface area (Å²) < 4.78 is 18.5. The zero-order valence-corrected chi connectivity index (χ0v) is 14.4. The van der Waals surface area contributed by atoms with Crippen LogP contribution in [0.25, 0.3) is 0 Å². The number of benzene rings is 2. The van der Waals surface area contributed by atoms with Crippen molar-refractivity contribution in [1.82, 2.24) is 5.32 Å². The number of ether oxygens (including phenoxy) is 1. The summed E-state index contributed by atoms with van der Waals surface area (Å²) in [5, 5.41) is 5.86. The molecule has 2 aromatic rings. The molecule has 2 N–H and O–H groups in total. The lowest BCUT2D eigenvalue weighted by atomic mass is 10.2. The van der Waals surface area contributed by atoms with E-state index < -0.39 is 0 Å². The highest BCUT2D eigenvalue weighted by Gasteiger charge is 2.03. The molecule has 130 valence electrons. The molecule has 1 amide bonds. The van der Waals surface area contributed by atoms with Crippen LogP contribution < -0.4 is 15.4 Å². The molecule has 0 bridgehead atoms. The van der Waals surface area contributed by atoms with Crippen molar-refractivity contribution in [3.05, 3.63) is 59.9 Å². The van der Waals surface area contributed by atoms with E-state index in [-0.39, 0.29) is 24.1 Å². The van der Waals surface area contributed by atoms with E-state index in [1.165, 1.54) is 12.1 Å². The monoisotopic (exact) mass is 352 g/mol. The van der Waals surface area contributed by atoms with Crippen LogP contribution in [0.15, 0.2) is 48.5 Å². The van der Waals surface area contributed by atoms with Crippen LogP contribution in [0.1, 0.15) is 18.4 Å². The van der Waals surface area contributed by atoms with Crippen molar-refractivity contribution in [3.8, 4) is 5.75 Å². The largest absolute Gasteiger partial charge is 0.489 e. The number of anilines is 1. The summed E-state index contributed by atoms with van der Waals surface area (Å²) in [5.41, 5.74) is 1.59. The second kappa shape index (κ2) is 10.6. The molecule has 0 saturated carbocycles. The topological polar surface area (TPSA) is 50.4 Å². The normalized spacial score (nSPS) is 9.92. The number of rotatable bonds is 8. The highest BCUT2D eigenvalue weighted by atomic mass is 35.5. The number of amides is 1. The fourth-order valence-electron chi connectivity index (χ4n) is 2.06. The summed E-state index contributed by atoms with van der Waals surface area (Å²) in [6.45, 7) is 1.16. The molecule has 2 aromatic carbocycles. The van der Waals surface area contributed by atoms with Gasteiger partial charge in [0.05, 0.1) is 0 Å². The molecule has 0 heterocycles. The van der Waals surface area contributed by atoms with Crippen molar-refractivity contribution < 1.29 is 13.9 Å². The average molecular weight is 353 g/mol. The number of nitrogens with one attached hydrogen (secondary N) is 2. The van der Waals surface area contributed by atoms with Gasteiger partial charge in [-0.05, 0) is 49.8 Å². The van der Waals surface area contributed by atoms with Gasteiger partial charge < -0.3 is 15.4 Å². The van der Waals surface area contributed by atoms with Crippen LogP contribution in [0.5, 0.6) is 5.75 Å². The van der Waals surface area contributed by atoms with Gasteiger partial charge in [0.2, 0.25) is 5.91 Å². The van der Waals surface area contributed by atoms with Gasteiger partial charge in [-0.25, -0.2) is 4.39 Å². The van der Waals surface area contributed by atoms with Gasteiger partial charge in [0.1, 0.15) is 18.2 Å². The van der Waals surface area contributed by atoms with E-state index in [2.05, 4.69) is 10.6 Å². The van der Waals surface area contributed by atoms with Crippen LogP contribution in [0.4, 0.5) is 10.1 Å². The van der Waals surface area contributed by atoms with Crippen LogP contribution in [0.2, 0.25) is 0 Å². The Kier molecular flexibility index (Phi) is 8.83. The first-order valence-electron chi connectivity index (χ1n) is 7.59. The van der Waals surface area contributed by atoms with Crippen molar-refractivity contribution in [2.45, 2.75) is 19.4 Å². The standard InChI is InChI=1S/C18H21FN2O2.ClH/c1-20-11-3-6-18(22)21-16-4-2-5-17(12-16)23-13-14-7-9-15(19)10-8-14;/h2,4-5,7-10,12,20H,3,6,11,13H2,1H3,(H,21,22);1H.